The molecule has 0 spiro atoms. The van der Waals surface area contributed by atoms with E-state index in [4.69, 9.17) is 9.47 Å². The number of cyclic esters (lactones) is 1. The lowest BCUT2D eigenvalue weighted by Crippen LogP contribution is -2.65. The van der Waals surface area contributed by atoms with Crippen molar-refractivity contribution in [1.82, 2.24) is 10.2 Å². The number of rotatable bonds is 5. The largest absolute Gasteiger partial charge is 0.468 e. The first kappa shape index (κ1) is 22.9. The second kappa shape index (κ2) is 8.44. The van der Waals surface area contributed by atoms with E-state index in [2.05, 4.69) is 10.3 Å². The van der Waals surface area contributed by atoms with Crippen molar-refractivity contribution in [1.29, 1.82) is 0 Å². The van der Waals surface area contributed by atoms with Crippen molar-refractivity contribution in [3.8, 4) is 0 Å². The van der Waals surface area contributed by atoms with Crippen LogP contribution in [0, 0.1) is 17.8 Å². The van der Waals surface area contributed by atoms with Crippen molar-refractivity contribution >= 4 is 35.7 Å². The highest BCUT2D eigenvalue weighted by molar-refractivity contribution is 6.17. The molecule has 1 aliphatic carbocycles. The van der Waals surface area contributed by atoms with Crippen LogP contribution in [-0.2, 0) is 35.1 Å². The lowest BCUT2D eigenvalue weighted by Gasteiger charge is -2.50. The molecule has 4 atom stereocenters. The minimum Gasteiger partial charge on any atom is -0.468 e. The van der Waals surface area contributed by atoms with E-state index >= 15 is 0 Å². The summed E-state index contributed by atoms with van der Waals surface area (Å²) in [5, 5.41) is 2.44. The molecule has 0 bridgehead atoms. The summed E-state index contributed by atoms with van der Waals surface area (Å²) in [6, 6.07) is 9.18. The van der Waals surface area contributed by atoms with Gasteiger partial charge in [-0.3, -0.25) is 24.5 Å². The van der Waals surface area contributed by atoms with Crippen molar-refractivity contribution in [2.45, 2.75) is 38.1 Å². The summed E-state index contributed by atoms with van der Waals surface area (Å²) in [6.07, 6.45) is 0.421. The van der Waals surface area contributed by atoms with Crippen molar-refractivity contribution in [3.63, 3.8) is 0 Å². The van der Waals surface area contributed by atoms with Crippen LogP contribution >= 0.6 is 0 Å². The minimum atomic E-state index is -1.50. The molecule has 0 unspecified atom stereocenters. The SMILES string of the molecule is CCC1=C2CC[C@H]3C(=O)NC(=O)[C@H]3[C@H]2[C@@]2(Cc3ccccc3)C(=NCC(=O)OC)OC(=O)N2C1=O. The molecule has 1 N–H and O–H groups in total. The molecule has 0 radical (unpaired) electrons. The van der Waals surface area contributed by atoms with E-state index < -0.39 is 53.7 Å². The molecule has 35 heavy (non-hydrogen) atoms. The number of methoxy groups -OCH3 is 1. The Balaban J connectivity index is 1.78. The van der Waals surface area contributed by atoms with Crippen molar-refractivity contribution < 1.29 is 33.4 Å². The molecule has 4 aliphatic rings. The molecular formula is C25H25N3O7. The Morgan fingerprint density at radius 2 is 1.94 bits per heavy atom. The van der Waals surface area contributed by atoms with E-state index in [1.54, 1.807) is 0 Å². The Kier molecular flexibility index (Phi) is 5.53. The highest BCUT2D eigenvalue weighted by Gasteiger charge is 2.69. The van der Waals surface area contributed by atoms with Gasteiger partial charge in [0.25, 0.3) is 5.91 Å². The molecule has 10 heteroatoms. The Morgan fingerprint density at radius 1 is 1.20 bits per heavy atom. The summed E-state index contributed by atoms with van der Waals surface area (Å²) in [5.74, 6) is -4.16. The zero-order valence-electron chi connectivity index (χ0n) is 19.4. The number of benzene rings is 1. The third-order valence-electron chi connectivity index (χ3n) is 7.53. The molecular weight excluding hydrogens is 454 g/mol. The van der Waals surface area contributed by atoms with E-state index in [1.165, 1.54) is 7.11 Å². The predicted molar refractivity (Wildman–Crippen MR) is 121 cm³/mol. The maximum atomic E-state index is 13.7. The summed E-state index contributed by atoms with van der Waals surface area (Å²) in [7, 11) is 1.22. The number of aliphatic imine (C=N–C) groups is 1. The van der Waals surface area contributed by atoms with Crippen molar-refractivity contribution in [2.75, 3.05) is 13.7 Å². The van der Waals surface area contributed by atoms with Crippen molar-refractivity contribution in [3.05, 3.63) is 47.0 Å². The average molecular weight is 479 g/mol. The quantitative estimate of drug-likeness (QED) is 0.501. The lowest BCUT2D eigenvalue weighted by atomic mass is 9.58. The molecule has 1 saturated carbocycles. The van der Waals surface area contributed by atoms with E-state index in [0.717, 1.165) is 16.0 Å². The smallest absolute Gasteiger partial charge is 0.424 e. The van der Waals surface area contributed by atoms with Gasteiger partial charge in [-0.15, -0.1) is 0 Å². The highest BCUT2D eigenvalue weighted by atomic mass is 16.6. The molecule has 3 fully saturated rings. The number of esters is 1. The van der Waals surface area contributed by atoms with Gasteiger partial charge in [0, 0.05) is 17.9 Å². The maximum absolute atomic E-state index is 13.7. The van der Waals surface area contributed by atoms with Crippen LogP contribution in [-0.4, -0.2) is 59.8 Å². The van der Waals surface area contributed by atoms with Gasteiger partial charge in [-0.2, -0.15) is 0 Å². The molecule has 3 heterocycles. The van der Waals surface area contributed by atoms with Gasteiger partial charge in [0.1, 0.15) is 12.1 Å². The number of nitrogens with zero attached hydrogens (tertiary/aromatic N) is 2. The van der Waals surface area contributed by atoms with Crippen molar-refractivity contribution in [2.24, 2.45) is 22.7 Å². The molecule has 1 aromatic rings. The zero-order valence-corrected chi connectivity index (χ0v) is 19.4. The van der Waals surface area contributed by atoms with Gasteiger partial charge >= 0.3 is 12.1 Å². The fourth-order valence-electron chi connectivity index (χ4n) is 6.15. The predicted octanol–water partition coefficient (Wildman–Crippen LogP) is 1.54. The van der Waals surface area contributed by atoms with Gasteiger partial charge in [0.05, 0.1) is 18.9 Å². The Hall–Kier alpha value is -3.82. The van der Waals surface area contributed by atoms with E-state index in [-0.39, 0.29) is 18.2 Å². The topological polar surface area (TPSA) is 131 Å². The fraction of sp³-hybridized carbons (Fsp3) is 0.440. The summed E-state index contributed by atoms with van der Waals surface area (Å²) in [5.41, 5.74) is 0.485. The molecule has 182 valence electrons. The zero-order chi connectivity index (χ0) is 24.9. The monoisotopic (exact) mass is 479 g/mol. The van der Waals surface area contributed by atoms with E-state index in [1.807, 2.05) is 37.3 Å². The van der Waals surface area contributed by atoms with Gasteiger partial charge in [-0.1, -0.05) is 42.8 Å². The minimum absolute atomic E-state index is 0.112. The van der Waals surface area contributed by atoms with Gasteiger partial charge in [0.15, 0.2) is 0 Å². The van der Waals surface area contributed by atoms with Crippen LogP contribution in [0.3, 0.4) is 0 Å². The van der Waals surface area contributed by atoms with Crippen LogP contribution in [0.5, 0.6) is 0 Å². The van der Waals surface area contributed by atoms with Gasteiger partial charge < -0.3 is 9.47 Å². The van der Waals surface area contributed by atoms with Crippen LogP contribution < -0.4 is 5.32 Å². The van der Waals surface area contributed by atoms with E-state index in [0.29, 0.717) is 24.8 Å². The molecule has 2 saturated heterocycles. The summed E-state index contributed by atoms with van der Waals surface area (Å²) in [6.45, 7) is 1.39. The molecule has 0 aromatic heterocycles. The first-order valence-electron chi connectivity index (χ1n) is 11.6. The van der Waals surface area contributed by atoms with E-state index in [9.17, 15) is 24.0 Å². The molecule has 3 aliphatic heterocycles. The molecule has 10 nitrogen and oxygen atoms in total. The number of carbonyl (C=O) groups excluding carboxylic acids is 5. The second-order valence-electron chi connectivity index (χ2n) is 9.15. The first-order valence-corrected chi connectivity index (χ1v) is 11.6. The Labute approximate surface area is 201 Å². The number of fused-ring (bicyclic) bond motifs is 5. The third kappa shape index (κ3) is 3.30. The van der Waals surface area contributed by atoms with Gasteiger partial charge in [-0.25, -0.2) is 14.7 Å². The fourth-order valence-corrected chi connectivity index (χ4v) is 6.15. The maximum Gasteiger partial charge on any atom is 0.424 e. The van der Waals surface area contributed by atoms with Crippen LogP contribution in [0.4, 0.5) is 4.79 Å². The molecule has 1 aromatic carbocycles. The van der Waals surface area contributed by atoms with Crippen LogP contribution in [0.2, 0.25) is 0 Å². The van der Waals surface area contributed by atoms with Gasteiger partial charge in [-0.05, 0) is 24.8 Å². The summed E-state index contributed by atoms with van der Waals surface area (Å²) < 4.78 is 10.3. The molecule has 4 amide bonds. The number of carbonyl (C=O) groups is 5. The number of hydrogen-bond donors (Lipinski definition) is 1. The van der Waals surface area contributed by atoms with Crippen LogP contribution in [0.1, 0.15) is 31.7 Å². The second-order valence-corrected chi connectivity index (χ2v) is 9.15. The average Bonchev–Trinajstić information content (AvgIpc) is 3.30. The standard InChI is InChI=1S/C25H25N3O7/c1-3-14-15-9-10-16-18(21(31)27-20(16)30)19(15)25(11-13-7-5-4-6-8-13)23(26-12-17(29)34-2)35-24(33)28(25)22(14)32/h4-8,16,18-19H,3,9-12H2,1-2H3,(H,27,30,31)/t16-,18-,19+,25+/m1/s1. The normalized spacial score (nSPS) is 30.6. The lowest BCUT2D eigenvalue weighted by molar-refractivity contribution is -0.139. The number of imide groups is 2. The molecule has 5 rings (SSSR count). The third-order valence-corrected chi connectivity index (χ3v) is 7.53. The number of hydrogen-bond acceptors (Lipinski definition) is 8. The van der Waals surface area contributed by atoms with Crippen LogP contribution in [0.15, 0.2) is 46.5 Å². The van der Waals surface area contributed by atoms with Gasteiger partial charge in [0.2, 0.25) is 17.7 Å². The summed E-state index contributed by atoms with van der Waals surface area (Å²) in [4.78, 5) is 70.0. The number of amides is 4. The Morgan fingerprint density at radius 3 is 2.63 bits per heavy atom. The van der Waals surface area contributed by atoms with Crippen LogP contribution in [0.25, 0.3) is 0 Å². The summed E-state index contributed by atoms with van der Waals surface area (Å²) >= 11 is 0. The first-order chi connectivity index (χ1) is 16.8. The Bertz CT molecular complexity index is 1200. The number of ether oxygens (including phenoxy) is 2. The highest BCUT2D eigenvalue weighted by Crippen LogP contribution is 2.55. The number of nitrogens with one attached hydrogen (secondary N) is 1.